The van der Waals surface area contributed by atoms with E-state index in [4.69, 9.17) is 0 Å². The Balaban J connectivity index is 2.26. The van der Waals surface area contributed by atoms with E-state index < -0.39 is 0 Å². The molecule has 0 unspecified atom stereocenters. The number of hydrogen-bond donors (Lipinski definition) is 1. The quantitative estimate of drug-likeness (QED) is 0.665. The minimum atomic E-state index is 0.220. The summed E-state index contributed by atoms with van der Waals surface area (Å²) in [4.78, 5) is 1.32. The third-order valence-electron chi connectivity index (χ3n) is 1.82. The molecule has 84 valence electrons. The average molecular weight is 288 g/mol. The smallest absolute Gasteiger partial charge is 0.0186 e. The summed E-state index contributed by atoms with van der Waals surface area (Å²) in [6, 6.07) is 8.43. The van der Waals surface area contributed by atoms with Gasteiger partial charge in [-0.25, -0.2) is 0 Å². The summed E-state index contributed by atoms with van der Waals surface area (Å²) in [5, 5.41) is 3.47. The van der Waals surface area contributed by atoms with Gasteiger partial charge in [-0.2, -0.15) is 0 Å². The molecule has 0 saturated carbocycles. The fourth-order valence-electron chi connectivity index (χ4n) is 1.15. The molecule has 15 heavy (non-hydrogen) atoms. The Morgan fingerprint density at radius 2 is 2.07 bits per heavy atom. The molecule has 3 heteroatoms. The van der Waals surface area contributed by atoms with Gasteiger partial charge in [-0.15, -0.1) is 11.8 Å². The van der Waals surface area contributed by atoms with Crippen LogP contribution in [0.25, 0.3) is 0 Å². The summed E-state index contributed by atoms with van der Waals surface area (Å²) in [6.07, 6.45) is 0. The molecule has 0 aromatic heterocycles. The SMILES string of the molecule is CC(C)(C)NCCSc1cccc(Br)c1. The molecule has 0 fully saturated rings. The fourth-order valence-corrected chi connectivity index (χ4v) is 2.53. The monoisotopic (exact) mass is 287 g/mol. The molecule has 0 aliphatic carbocycles. The maximum absolute atomic E-state index is 3.47. The first-order chi connectivity index (χ1) is 6.97. The Kier molecular flexibility index (Phi) is 5.16. The van der Waals surface area contributed by atoms with Crippen LogP contribution in [-0.4, -0.2) is 17.8 Å². The molecule has 0 aliphatic rings. The Morgan fingerprint density at radius 3 is 2.67 bits per heavy atom. The van der Waals surface area contributed by atoms with E-state index in [1.54, 1.807) is 0 Å². The second-order valence-electron chi connectivity index (χ2n) is 4.48. The summed E-state index contributed by atoms with van der Waals surface area (Å²) in [5.74, 6) is 1.10. The van der Waals surface area contributed by atoms with E-state index in [1.165, 1.54) is 4.90 Å². The Labute approximate surface area is 105 Å². The minimum Gasteiger partial charge on any atom is -0.311 e. The van der Waals surface area contributed by atoms with Crippen LogP contribution in [0.2, 0.25) is 0 Å². The Morgan fingerprint density at radius 1 is 1.33 bits per heavy atom. The molecule has 0 saturated heterocycles. The zero-order chi connectivity index (χ0) is 11.3. The van der Waals surface area contributed by atoms with Crippen LogP contribution in [0.5, 0.6) is 0 Å². The second-order valence-corrected chi connectivity index (χ2v) is 6.57. The maximum Gasteiger partial charge on any atom is 0.0186 e. The highest BCUT2D eigenvalue weighted by molar-refractivity contribution is 9.10. The number of halogens is 1. The van der Waals surface area contributed by atoms with Gasteiger partial charge in [-0.3, -0.25) is 0 Å². The van der Waals surface area contributed by atoms with Gasteiger partial charge in [0.15, 0.2) is 0 Å². The van der Waals surface area contributed by atoms with Crippen molar-refractivity contribution in [1.82, 2.24) is 5.32 Å². The molecular formula is C12H18BrNS. The predicted molar refractivity (Wildman–Crippen MR) is 72.6 cm³/mol. The van der Waals surface area contributed by atoms with Crippen LogP contribution in [0.1, 0.15) is 20.8 Å². The molecule has 1 rings (SSSR count). The van der Waals surface area contributed by atoms with Crippen LogP contribution in [0.3, 0.4) is 0 Å². The molecule has 1 aromatic carbocycles. The van der Waals surface area contributed by atoms with Gasteiger partial charge >= 0.3 is 0 Å². The fraction of sp³-hybridized carbons (Fsp3) is 0.500. The van der Waals surface area contributed by atoms with E-state index in [0.29, 0.717) is 0 Å². The molecular weight excluding hydrogens is 270 g/mol. The number of nitrogens with one attached hydrogen (secondary N) is 1. The molecule has 0 radical (unpaired) electrons. The van der Waals surface area contributed by atoms with Gasteiger partial charge in [-0.1, -0.05) is 22.0 Å². The van der Waals surface area contributed by atoms with Crippen LogP contribution in [0.4, 0.5) is 0 Å². The van der Waals surface area contributed by atoms with E-state index in [0.717, 1.165) is 16.8 Å². The molecule has 1 N–H and O–H groups in total. The van der Waals surface area contributed by atoms with Gasteiger partial charge in [0.05, 0.1) is 0 Å². The van der Waals surface area contributed by atoms with E-state index >= 15 is 0 Å². The van der Waals surface area contributed by atoms with Gasteiger partial charge in [0.25, 0.3) is 0 Å². The standard InChI is InChI=1S/C12H18BrNS/c1-12(2,3)14-7-8-15-11-6-4-5-10(13)9-11/h4-6,9,14H,7-8H2,1-3H3. The van der Waals surface area contributed by atoms with Crippen LogP contribution in [0, 0.1) is 0 Å². The molecule has 0 amide bonds. The van der Waals surface area contributed by atoms with E-state index in [-0.39, 0.29) is 5.54 Å². The lowest BCUT2D eigenvalue weighted by atomic mass is 10.1. The van der Waals surface area contributed by atoms with Crippen molar-refractivity contribution in [2.75, 3.05) is 12.3 Å². The third-order valence-corrected chi connectivity index (χ3v) is 3.31. The van der Waals surface area contributed by atoms with Gasteiger partial charge in [0.1, 0.15) is 0 Å². The van der Waals surface area contributed by atoms with Crippen LogP contribution in [0.15, 0.2) is 33.6 Å². The lowest BCUT2D eigenvalue weighted by molar-refractivity contribution is 0.441. The topological polar surface area (TPSA) is 12.0 Å². The molecule has 1 aromatic rings. The predicted octanol–water partition coefficient (Wildman–Crippen LogP) is 3.93. The van der Waals surface area contributed by atoms with Gasteiger partial charge in [0.2, 0.25) is 0 Å². The summed E-state index contributed by atoms with van der Waals surface area (Å²) < 4.78 is 1.15. The zero-order valence-corrected chi connectivity index (χ0v) is 11.9. The largest absolute Gasteiger partial charge is 0.311 e. The summed E-state index contributed by atoms with van der Waals surface area (Å²) in [5.41, 5.74) is 0.220. The normalized spacial score (nSPS) is 11.7. The highest BCUT2D eigenvalue weighted by atomic mass is 79.9. The highest BCUT2D eigenvalue weighted by Crippen LogP contribution is 2.21. The van der Waals surface area contributed by atoms with Gasteiger partial charge < -0.3 is 5.32 Å². The molecule has 0 aliphatic heterocycles. The van der Waals surface area contributed by atoms with Crippen LogP contribution >= 0.6 is 27.7 Å². The summed E-state index contributed by atoms with van der Waals surface area (Å²) in [7, 11) is 0. The third kappa shape index (κ3) is 6.23. The van der Waals surface area contributed by atoms with Gasteiger partial charge in [0, 0.05) is 27.2 Å². The van der Waals surface area contributed by atoms with Crippen LogP contribution < -0.4 is 5.32 Å². The summed E-state index contributed by atoms with van der Waals surface area (Å²) >= 11 is 5.36. The van der Waals surface area contributed by atoms with Crippen molar-refractivity contribution < 1.29 is 0 Å². The van der Waals surface area contributed by atoms with E-state index in [1.807, 2.05) is 11.8 Å². The molecule has 1 nitrogen and oxygen atoms in total. The van der Waals surface area contributed by atoms with Crippen molar-refractivity contribution in [3.05, 3.63) is 28.7 Å². The van der Waals surface area contributed by atoms with Gasteiger partial charge in [-0.05, 0) is 39.0 Å². The number of benzene rings is 1. The number of rotatable bonds is 4. The van der Waals surface area contributed by atoms with Crippen molar-refractivity contribution in [3.8, 4) is 0 Å². The van der Waals surface area contributed by atoms with Crippen molar-refractivity contribution in [2.45, 2.75) is 31.2 Å². The first kappa shape index (κ1) is 13.1. The molecule has 0 bridgehead atoms. The zero-order valence-electron chi connectivity index (χ0n) is 9.51. The van der Waals surface area contributed by atoms with Crippen molar-refractivity contribution in [1.29, 1.82) is 0 Å². The lowest BCUT2D eigenvalue weighted by Gasteiger charge is -2.20. The average Bonchev–Trinajstić information content (AvgIpc) is 2.11. The number of hydrogen-bond acceptors (Lipinski definition) is 2. The first-order valence-corrected chi connectivity index (χ1v) is 6.89. The highest BCUT2D eigenvalue weighted by Gasteiger charge is 2.07. The van der Waals surface area contributed by atoms with Crippen LogP contribution in [-0.2, 0) is 0 Å². The van der Waals surface area contributed by atoms with Crippen molar-refractivity contribution >= 4 is 27.7 Å². The lowest BCUT2D eigenvalue weighted by Crippen LogP contribution is -2.37. The number of thioether (sulfide) groups is 1. The minimum absolute atomic E-state index is 0.220. The van der Waals surface area contributed by atoms with Crippen molar-refractivity contribution in [2.24, 2.45) is 0 Å². The van der Waals surface area contributed by atoms with E-state index in [9.17, 15) is 0 Å². The summed E-state index contributed by atoms with van der Waals surface area (Å²) in [6.45, 7) is 7.62. The Bertz CT molecular complexity index is 307. The maximum atomic E-state index is 3.47. The first-order valence-electron chi connectivity index (χ1n) is 5.11. The Hall–Kier alpha value is 0.01000. The second kappa shape index (κ2) is 5.92. The molecule has 0 atom stereocenters. The molecule has 0 heterocycles. The van der Waals surface area contributed by atoms with E-state index in [2.05, 4.69) is 66.3 Å². The molecule has 0 spiro atoms. The van der Waals surface area contributed by atoms with Crippen molar-refractivity contribution in [3.63, 3.8) is 0 Å².